The lowest BCUT2D eigenvalue weighted by Gasteiger charge is -2.16. The van der Waals surface area contributed by atoms with Gasteiger partial charge in [0.1, 0.15) is 0 Å². The molecule has 0 aromatic heterocycles. The molecule has 2 rings (SSSR count). The molecule has 0 aromatic carbocycles. The Morgan fingerprint density at radius 2 is 1.38 bits per heavy atom. The second-order valence-electron chi connectivity index (χ2n) is 3.48. The van der Waals surface area contributed by atoms with Gasteiger partial charge in [-0.2, -0.15) is 0 Å². The lowest BCUT2D eigenvalue weighted by molar-refractivity contribution is 0.359. The molecule has 0 heteroatoms. The van der Waals surface area contributed by atoms with Gasteiger partial charge in [0.25, 0.3) is 0 Å². The zero-order valence-corrected chi connectivity index (χ0v) is 5.40. The molecule has 0 aliphatic heterocycles. The highest BCUT2D eigenvalue weighted by Gasteiger charge is 2.27. The summed E-state index contributed by atoms with van der Waals surface area (Å²) in [4.78, 5) is 0. The van der Waals surface area contributed by atoms with E-state index in [9.17, 15) is 0 Å². The van der Waals surface area contributed by atoms with Gasteiger partial charge in [0.15, 0.2) is 0 Å². The third-order valence-electron chi connectivity index (χ3n) is 2.87. The van der Waals surface area contributed by atoms with Gasteiger partial charge in [-0.05, 0) is 18.3 Å². The Bertz CT molecular complexity index is 72.0. The molecule has 0 saturated heterocycles. The van der Waals surface area contributed by atoms with Gasteiger partial charge in [-0.3, -0.25) is 0 Å². The van der Waals surface area contributed by atoms with Gasteiger partial charge < -0.3 is 0 Å². The van der Waals surface area contributed by atoms with Crippen molar-refractivity contribution in [1.29, 1.82) is 0 Å². The van der Waals surface area contributed by atoms with Crippen molar-refractivity contribution in [1.82, 2.24) is 0 Å². The third kappa shape index (κ3) is 0.667. The van der Waals surface area contributed by atoms with Crippen LogP contribution >= 0.6 is 0 Å². The predicted octanol–water partition coefficient (Wildman–Crippen LogP) is 2.59. The van der Waals surface area contributed by atoms with Crippen molar-refractivity contribution in [3.8, 4) is 0 Å². The monoisotopic (exact) mass is 110 g/mol. The summed E-state index contributed by atoms with van der Waals surface area (Å²) >= 11 is 0. The van der Waals surface area contributed by atoms with E-state index >= 15 is 0 Å². The summed E-state index contributed by atoms with van der Waals surface area (Å²) in [6, 6.07) is 0. The number of hydrogen-bond donors (Lipinski definition) is 0. The van der Waals surface area contributed by atoms with Crippen LogP contribution in [0.1, 0.15) is 38.5 Å². The summed E-state index contributed by atoms with van der Waals surface area (Å²) in [5.74, 6) is 2.32. The largest absolute Gasteiger partial charge is 0.0528 e. The van der Waals surface area contributed by atoms with Crippen molar-refractivity contribution < 1.29 is 0 Å². The first kappa shape index (κ1) is 4.84. The van der Waals surface area contributed by atoms with Crippen molar-refractivity contribution in [2.24, 2.45) is 11.8 Å². The Balaban J connectivity index is 2.03. The predicted molar refractivity (Wildman–Crippen MR) is 34.7 cm³/mol. The minimum absolute atomic E-state index is 1.16. The summed E-state index contributed by atoms with van der Waals surface area (Å²) in [6.07, 6.45) is 9.34. The molecule has 2 aliphatic rings. The molecule has 2 bridgehead atoms. The molecule has 2 atom stereocenters. The molecule has 0 amide bonds. The Labute approximate surface area is 51.3 Å². The summed E-state index contributed by atoms with van der Waals surface area (Å²) in [5, 5.41) is 0. The van der Waals surface area contributed by atoms with E-state index in [0.29, 0.717) is 0 Å². The number of rotatable bonds is 0. The highest BCUT2D eigenvalue weighted by molar-refractivity contribution is 4.80. The highest BCUT2D eigenvalue weighted by atomic mass is 14.3. The molecule has 46 valence electrons. The SMILES string of the molecule is C1CC2CC[C@@H](C1)C2. The summed E-state index contributed by atoms with van der Waals surface area (Å²) < 4.78 is 0. The Morgan fingerprint density at radius 1 is 0.750 bits per heavy atom. The molecule has 0 heterocycles. The van der Waals surface area contributed by atoms with E-state index in [2.05, 4.69) is 0 Å². The molecule has 0 spiro atoms. The molecule has 2 aliphatic carbocycles. The Kier molecular flexibility index (Phi) is 1.06. The lowest BCUT2D eigenvalue weighted by Crippen LogP contribution is -2.03. The molecular weight excluding hydrogens is 96.1 g/mol. The molecule has 2 saturated carbocycles. The van der Waals surface area contributed by atoms with Crippen LogP contribution in [0.15, 0.2) is 0 Å². The van der Waals surface area contributed by atoms with Crippen molar-refractivity contribution in [3.05, 3.63) is 0 Å². The van der Waals surface area contributed by atoms with Crippen molar-refractivity contribution in [2.75, 3.05) is 0 Å². The molecule has 1 unspecified atom stereocenters. The quantitative estimate of drug-likeness (QED) is 0.449. The highest BCUT2D eigenvalue weighted by Crippen LogP contribution is 2.41. The van der Waals surface area contributed by atoms with Crippen LogP contribution in [0, 0.1) is 11.8 Å². The minimum atomic E-state index is 1.16. The third-order valence-corrected chi connectivity index (χ3v) is 2.87. The molecule has 0 radical (unpaired) electrons. The smallest absolute Gasteiger partial charge is 0.0412 e. The first-order valence-corrected chi connectivity index (χ1v) is 3.95. The van der Waals surface area contributed by atoms with Crippen LogP contribution in [0.4, 0.5) is 0 Å². The maximum absolute atomic E-state index is 1.58. The van der Waals surface area contributed by atoms with Crippen LogP contribution in [-0.4, -0.2) is 0 Å². The first-order chi connectivity index (χ1) is 3.95. The normalized spacial score (nSPS) is 45.0. The van der Waals surface area contributed by atoms with E-state index in [-0.39, 0.29) is 0 Å². The Morgan fingerprint density at radius 3 is 1.88 bits per heavy atom. The van der Waals surface area contributed by atoms with Crippen LogP contribution in [-0.2, 0) is 0 Å². The van der Waals surface area contributed by atoms with E-state index in [1.54, 1.807) is 32.1 Å². The molecule has 0 N–H and O–H groups in total. The average Bonchev–Trinajstić information content (AvgIpc) is 2.12. The number of hydrogen-bond acceptors (Lipinski definition) is 0. The molecule has 0 aromatic rings. The van der Waals surface area contributed by atoms with Crippen molar-refractivity contribution in [3.63, 3.8) is 0 Å². The van der Waals surface area contributed by atoms with Crippen LogP contribution in [0.5, 0.6) is 0 Å². The maximum atomic E-state index is 1.58. The molecule has 2 fully saturated rings. The fourth-order valence-corrected chi connectivity index (χ4v) is 2.40. The van der Waals surface area contributed by atoms with E-state index in [1.807, 2.05) is 0 Å². The second-order valence-corrected chi connectivity index (χ2v) is 3.48. The van der Waals surface area contributed by atoms with Gasteiger partial charge in [0, 0.05) is 0 Å². The summed E-state index contributed by atoms with van der Waals surface area (Å²) in [6.45, 7) is 0. The van der Waals surface area contributed by atoms with E-state index in [1.165, 1.54) is 6.42 Å². The average molecular weight is 110 g/mol. The van der Waals surface area contributed by atoms with Crippen LogP contribution < -0.4 is 0 Å². The van der Waals surface area contributed by atoms with Gasteiger partial charge in [-0.1, -0.05) is 32.1 Å². The molecule has 8 heavy (non-hydrogen) atoms. The van der Waals surface area contributed by atoms with Gasteiger partial charge in [-0.25, -0.2) is 0 Å². The topological polar surface area (TPSA) is 0 Å². The van der Waals surface area contributed by atoms with E-state index < -0.39 is 0 Å². The standard InChI is InChI=1S/C8H14/c1-2-7-4-5-8(3-1)6-7/h7-8H,1-6H2/t7-,8?/m1/s1. The van der Waals surface area contributed by atoms with Crippen LogP contribution in [0.25, 0.3) is 0 Å². The van der Waals surface area contributed by atoms with Gasteiger partial charge in [0.05, 0.1) is 0 Å². The molecular formula is C8H14. The summed E-state index contributed by atoms with van der Waals surface area (Å²) in [7, 11) is 0. The van der Waals surface area contributed by atoms with Crippen molar-refractivity contribution >= 4 is 0 Å². The fraction of sp³-hybridized carbons (Fsp3) is 1.00. The van der Waals surface area contributed by atoms with E-state index in [4.69, 9.17) is 0 Å². The maximum Gasteiger partial charge on any atom is -0.0412 e. The molecule has 0 nitrogen and oxygen atoms in total. The summed E-state index contributed by atoms with van der Waals surface area (Å²) in [5.41, 5.74) is 0. The Hall–Kier alpha value is 0. The zero-order chi connectivity index (χ0) is 5.40. The zero-order valence-electron chi connectivity index (χ0n) is 5.40. The van der Waals surface area contributed by atoms with E-state index in [0.717, 1.165) is 11.8 Å². The minimum Gasteiger partial charge on any atom is -0.0528 e. The van der Waals surface area contributed by atoms with Gasteiger partial charge in [0.2, 0.25) is 0 Å². The van der Waals surface area contributed by atoms with Crippen LogP contribution in [0.3, 0.4) is 0 Å². The second kappa shape index (κ2) is 1.75. The van der Waals surface area contributed by atoms with Gasteiger partial charge in [-0.15, -0.1) is 0 Å². The van der Waals surface area contributed by atoms with Gasteiger partial charge >= 0.3 is 0 Å². The number of fused-ring (bicyclic) bond motifs is 2. The van der Waals surface area contributed by atoms with Crippen molar-refractivity contribution in [2.45, 2.75) is 38.5 Å². The first-order valence-electron chi connectivity index (χ1n) is 3.95. The fourth-order valence-electron chi connectivity index (χ4n) is 2.40. The lowest BCUT2D eigenvalue weighted by atomic mass is 9.89. The van der Waals surface area contributed by atoms with Crippen LogP contribution in [0.2, 0.25) is 0 Å².